The minimum atomic E-state index is -0.130. The summed E-state index contributed by atoms with van der Waals surface area (Å²) in [6.45, 7) is 15.8. The van der Waals surface area contributed by atoms with Gasteiger partial charge in [0, 0.05) is 37.9 Å². The van der Waals surface area contributed by atoms with E-state index in [1.165, 1.54) is 24.8 Å². The first-order chi connectivity index (χ1) is 17.0. The highest BCUT2D eigenvalue weighted by Crippen LogP contribution is 2.32. The van der Waals surface area contributed by atoms with Crippen LogP contribution in [0.25, 0.3) is 0 Å². The summed E-state index contributed by atoms with van der Waals surface area (Å²) < 4.78 is 11.4. The summed E-state index contributed by atoms with van der Waals surface area (Å²) >= 11 is 0. The number of rotatable bonds is 13. The number of nitrogens with one attached hydrogen (secondary N) is 2. The van der Waals surface area contributed by atoms with Crippen LogP contribution in [0, 0.1) is 6.92 Å². The van der Waals surface area contributed by atoms with E-state index in [0.29, 0.717) is 19.7 Å². The Labute approximate surface area is 214 Å². The van der Waals surface area contributed by atoms with E-state index in [9.17, 15) is 4.79 Å². The summed E-state index contributed by atoms with van der Waals surface area (Å²) in [6.07, 6.45) is 4.69. The number of aryl methyl sites for hydroxylation is 1. The molecule has 2 aromatic carbocycles. The fourth-order valence-electron chi connectivity index (χ4n) is 3.22. The van der Waals surface area contributed by atoms with Crippen LogP contribution in [-0.2, 0) is 0 Å². The number of ether oxygens (including phenoxy) is 2. The van der Waals surface area contributed by atoms with E-state index in [1.807, 2.05) is 57.2 Å². The van der Waals surface area contributed by atoms with Crippen molar-refractivity contribution in [2.75, 3.05) is 44.8 Å². The lowest BCUT2D eigenvalue weighted by Gasteiger charge is -2.24. The maximum atomic E-state index is 11.5. The molecule has 0 heterocycles. The quantitative estimate of drug-likeness (QED) is 0.304. The molecule has 2 aromatic rings. The lowest BCUT2D eigenvalue weighted by atomic mass is 10.2. The van der Waals surface area contributed by atoms with Crippen molar-refractivity contribution in [1.82, 2.24) is 10.6 Å². The largest absolute Gasteiger partial charge is 0.493 e. The smallest absolute Gasteiger partial charge is 0.314 e. The molecule has 2 amide bonds. The van der Waals surface area contributed by atoms with E-state index in [4.69, 9.17) is 9.47 Å². The Hall–Kier alpha value is -2.89. The van der Waals surface area contributed by atoms with E-state index < -0.39 is 0 Å². The van der Waals surface area contributed by atoms with E-state index in [2.05, 4.69) is 48.4 Å². The molecule has 35 heavy (non-hydrogen) atoms. The Kier molecular flexibility index (Phi) is 19.8. The summed E-state index contributed by atoms with van der Waals surface area (Å²) in [4.78, 5) is 13.7. The molecule has 6 heteroatoms. The number of anilines is 1. The monoisotopic (exact) mass is 487 g/mol. The number of urea groups is 1. The van der Waals surface area contributed by atoms with Crippen LogP contribution in [0.2, 0.25) is 0 Å². The average molecular weight is 488 g/mol. The van der Waals surface area contributed by atoms with Crippen LogP contribution < -0.4 is 25.0 Å². The van der Waals surface area contributed by atoms with Gasteiger partial charge >= 0.3 is 6.03 Å². The molecule has 198 valence electrons. The molecule has 0 unspecified atom stereocenters. The summed E-state index contributed by atoms with van der Waals surface area (Å²) in [7, 11) is 1.66. The Morgan fingerprint density at radius 2 is 1.63 bits per heavy atom. The standard InChI is InChI=1S/C20H35N3O3.C7H8.C2H6/c1-5-8-9-10-15-26-19-16-17(11-12-18(19)25-4)23(7-3)14-13-22-20(24)21-6-2;1-7-5-3-2-4-6-7;1-2/h11-12,16H,5-10,13-15H2,1-4H3,(H2,21,22,24);2-6H,1H3;1-2H3. The minimum absolute atomic E-state index is 0.130. The Morgan fingerprint density at radius 3 is 2.17 bits per heavy atom. The molecule has 0 aliphatic rings. The number of hydrogen-bond acceptors (Lipinski definition) is 4. The second-order valence-corrected chi connectivity index (χ2v) is 7.76. The highest BCUT2D eigenvalue weighted by atomic mass is 16.5. The number of hydrogen-bond donors (Lipinski definition) is 2. The van der Waals surface area contributed by atoms with Crippen molar-refractivity contribution in [2.24, 2.45) is 0 Å². The number of carbonyl (C=O) groups is 1. The van der Waals surface area contributed by atoms with E-state index in [1.54, 1.807) is 7.11 Å². The first kappa shape index (κ1) is 32.1. The van der Waals surface area contributed by atoms with Gasteiger partial charge in [0.1, 0.15) is 0 Å². The van der Waals surface area contributed by atoms with Crippen LogP contribution in [0.15, 0.2) is 48.5 Å². The van der Waals surface area contributed by atoms with Gasteiger partial charge in [-0.3, -0.25) is 0 Å². The molecular weight excluding hydrogens is 438 g/mol. The molecule has 2 N–H and O–H groups in total. The van der Waals surface area contributed by atoms with Crippen molar-refractivity contribution in [1.29, 1.82) is 0 Å². The molecule has 0 aliphatic carbocycles. The molecule has 0 fully saturated rings. The highest BCUT2D eigenvalue weighted by Gasteiger charge is 2.11. The van der Waals surface area contributed by atoms with Crippen molar-refractivity contribution in [2.45, 2.75) is 67.2 Å². The van der Waals surface area contributed by atoms with Gasteiger partial charge in [-0.25, -0.2) is 4.79 Å². The first-order valence-electron chi connectivity index (χ1n) is 13.1. The van der Waals surface area contributed by atoms with Crippen LogP contribution >= 0.6 is 0 Å². The number of unbranched alkanes of at least 4 members (excludes halogenated alkanes) is 3. The fraction of sp³-hybridized carbons (Fsp3) is 0.552. The molecule has 0 atom stereocenters. The first-order valence-corrected chi connectivity index (χ1v) is 13.1. The van der Waals surface area contributed by atoms with Crippen molar-refractivity contribution in [3.8, 4) is 11.5 Å². The van der Waals surface area contributed by atoms with Crippen molar-refractivity contribution in [3.63, 3.8) is 0 Å². The second kappa shape index (κ2) is 21.6. The molecule has 0 saturated carbocycles. The maximum Gasteiger partial charge on any atom is 0.314 e. The second-order valence-electron chi connectivity index (χ2n) is 7.76. The van der Waals surface area contributed by atoms with Crippen molar-refractivity contribution >= 4 is 11.7 Å². The number of benzene rings is 2. The summed E-state index contributed by atoms with van der Waals surface area (Å²) in [5.41, 5.74) is 2.39. The predicted molar refractivity (Wildman–Crippen MR) is 150 cm³/mol. The fourth-order valence-corrected chi connectivity index (χ4v) is 3.22. The average Bonchev–Trinajstić information content (AvgIpc) is 2.88. The zero-order chi connectivity index (χ0) is 26.3. The van der Waals surface area contributed by atoms with Gasteiger partial charge < -0.3 is 25.0 Å². The van der Waals surface area contributed by atoms with Crippen LogP contribution in [0.3, 0.4) is 0 Å². The molecule has 6 nitrogen and oxygen atoms in total. The zero-order valence-electron chi connectivity index (χ0n) is 23.2. The number of amides is 2. The third kappa shape index (κ3) is 14.9. The molecule has 0 spiro atoms. The van der Waals surface area contributed by atoms with Gasteiger partial charge in [-0.15, -0.1) is 0 Å². The van der Waals surface area contributed by atoms with E-state index >= 15 is 0 Å². The Morgan fingerprint density at radius 1 is 0.914 bits per heavy atom. The normalized spacial score (nSPS) is 9.57. The lowest BCUT2D eigenvalue weighted by Crippen LogP contribution is -2.40. The van der Waals surface area contributed by atoms with Gasteiger partial charge in [0.25, 0.3) is 0 Å². The van der Waals surface area contributed by atoms with Gasteiger partial charge in [0.15, 0.2) is 11.5 Å². The van der Waals surface area contributed by atoms with Crippen LogP contribution in [0.5, 0.6) is 11.5 Å². The maximum absolute atomic E-state index is 11.5. The minimum Gasteiger partial charge on any atom is -0.493 e. The SMILES string of the molecule is CC.CCCCCCOc1cc(N(CC)CCNC(=O)NCC)ccc1OC.Cc1ccccc1. The summed E-state index contributed by atoms with van der Waals surface area (Å²) in [6, 6.07) is 16.1. The number of carbonyl (C=O) groups excluding carboxylic acids is 1. The zero-order valence-corrected chi connectivity index (χ0v) is 23.2. The molecular formula is C29H49N3O3. The Bertz CT molecular complexity index is 769. The number of likely N-dealkylation sites (N-methyl/N-ethyl adjacent to an activating group) is 1. The molecule has 0 bridgehead atoms. The third-order valence-electron chi connectivity index (χ3n) is 5.09. The van der Waals surface area contributed by atoms with Crippen LogP contribution in [-0.4, -0.2) is 45.9 Å². The summed E-state index contributed by atoms with van der Waals surface area (Å²) in [5.74, 6) is 1.53. The molecule has 0 saturated heterocycles. The number of methoxy groups -OCH3 is 1. The van der Waals surface area contributed by atoms with Crippen molar-refractivity contribution < 1.29 is 14.3 Å². The van der Waals surface area contributed by atoms with E-state index in [0.717, 1.165) is 36.7 Å². The van der Waals surface area contributed by atoms with Gasteiger partial charge in [0.05, 0.1) is 13.7 Å². The van der Waals surface area contributed by atoms with Crippen molar-refractivity contribution in [3.05, 3.63) is 54.1 Å². The molecule has 0 radical (unpaired) electrons. The topological polar surface area (TPSA) is 62.8 Å². The lowest BCUT2D eigenvalue weighted by molar-refractivity contribution is 0.241. The van der Waals surface area contributed by atoms with Gasteiger partial charge in [-0.2, -0.15) is 0 Å². The molecule has 2 rings (SSSR count). The number of nitrogens with zero attached hydrogens (tertiary/aromatic N) is 1. The molecule has 0 aliphatic heterocycles. The van der Waals surface area contributed by atoms with Crippen LogP contribution in [0.4, 0.5) is 10.5 Å². The predicted octanol–water partition coefficient (Wildman–Crippen LogP) is 6.82. The van der Waals surface area contributed by atoms with Gasteiger partial charge in [-0.05, 0) is 39.3 Å². The van der Waals surface area contributed by atoms with E-state index in [-0.39, 0.29) is 6.03 Å². The van der Waals surface area contributed by atoms with Gasteiger partial charge in [0.2, 0.25) is 0 Å². The highest BCUT2D eigenvalue weighted by molar-refractivity contribution is 5.73. The van der Waals surface area contributed by atoms with Crippen LogP contribution in [0.1, 0.15) is 65.9 Å². The third-order valence-corrected chi connectivity index (χ3v) is 5.09. The summed E-state index contributed by atoms with van der Waals surface area (Å²) in [5, 5.41) is 5.60. The molecule has 0 aromatic heterocycles. The van der Waals surface area contributed by atoms with Gasteiger partial charge in [-0.1, -0.05) is 75.9 Å². The Balaban J connectivity index is 0.00000108.